The molecule has 1 unspecified atom stereocenters. The van der Waals surface area contributed by atoms with E-state index in [-0.39, 0.29) is 0 Å². The molecule has 0 fully saturated rings. The summed E-state index contributed by atoms with van der Waals surface area (Å²) in [5.41, 5.74) is -1.06. The lowest BCUT2D eigenvalue weighted by molar-refractivity contribution is -0.164. The maximum atomic E-state index is 11.0. The fourth-order valence-corrected chi connectivity index (χ4v) is 1.32. The fourth-order valence-electron chi connectivity index (χ4n) is 1.32. The molecule has 0 bridgehead atoms. The molecule has 3 heteroatoms. The molecule has 0 aromatic rings. The Morgan fingerprint density at radius 3 is 2.50 bits per heavy atom. The van der Waals surface area contributed by atoms with Crippen LogP contribution in [0.2, 0.25) is 0 Å². The zero-order chi connectivity index (χ0) is 11.2. The minimum absolute atomic E-state index is 0.307. The number of carboxylic acids is 1. The lowest BCUT2D eigenvalue weighted by atomic mass is 9.94. The van der Waals surface area contributed by atoms with Crippen molar-refractivity contribution in [2.45, 2.75) is 39.7 Å². The number of hydrogen-bond donors (Lipinski definition) is 1. The third kappa shape index (κ3) is 4.42. The highest BCUT2D eigenvalue weighted by molar-refractivity contribution is 5.76. The maximum Gasteiger partial charge on any atom is 0.335 e. The Hall–Kier alpha value is -0.830. The van der Waals surface area contributed by atoms with Gasteiger partial charge in [-0.3, -0.25) is 0 Å². The molecule has 0 saturated heterocycles. The predicted octanol–water partition coefficient (Wildman–Crippen LogP) is 2.47. The average molecular weight is 200 g/mol. The SMILES string of the molecule is CC=CCOC(C)(CC(C)C)C(=O)O. The highest BCUT2D eigenvalue weighted by Gasteiger charge is 2.34. The number of rotatable bonds is 6. The molecule has 0 radical (unpaired) electrons. The molecule has 1 atom stereocenters. The van der Waals surface area contributed by atoms with E-state index in [4.69, 9.17) is 9.84 Å². The Labute approximate surface area is 85.8 Å². The summed E-state index contributed by atoms with van der Waals surface area (Å²) in [6.07, 6.45) is 4.18. The Morgan fingerprint density at radius 1 is 1.57 bits per heavy atom. The third-order valence-corrected chi connectivity index (χ3v) is 1.98. The molecule has 0 aliphatic heterocycles. The Kier molecular flexibility index (Phi) is 5.46. The second-order valence-electron chi connectivity index (χ2n) is 4.01. The minimum atomic E-state index is -1.06. The molecule has 0 saturated carbocycles. The molecule has 0 spiro atoms. The van der Waals surface area contributed by atoms with E-state index in [1.54, 1.807) is 6.92 Å². The first-order chi connectivity index (χ1) is 6.42. The average Bonchev–Trinajstić information content (AvgIpc) is 2.03. The zero-order valence-electron chi connectivity index (χ0n) is 9.41. The summed E-state index contributed by atoms with van der Waals surface area (Å²) in [4.78, 5) is 11.0. The second-order valence-corrected chi connectivity index (χ2v) is 4.01. The highest BCUT2D eigenvalue weighted by Crippen LogP contribution is 2.21. The summed E-state index contributed by atoms with van der Waals surface area (Å²) < 4.78 is 5.36. The monoisotopic (exact) mass is 200 g/mol. The molecular weight excluding hydrogens is 180 g/mol. The Balaban J connectivity index is 4.31. The van der Waals surface area contributed by atoms with Crippen molar-refractivity contribution in [3.8, 4) is 0 Å². The van der Waals surface area contributed by atoms with Gasteiger partial charge in [-0.05, 0) is 26.2 Å². The topological polar surface area (TPSA) is 46.5 Å². The lowest BCUT2D eigenvalue weighted by Gasteiger charge is -2.26. The predicted molar refractivity (Wildman–Crippen MR) is 56.3 cm³/mol. The van der Waals surface area contributed by atoms with Crippen LogP contribution in [0.15, 0.2) is 12.2 Å². The van der Waals surface area contributed by atoms with Gasteiger partial charge in [-0.15, -0.1) is 0 Å². The van der Waals surface area contributed by atoms with E-state index in [1.807, 2.05) is 32.9 Å². The van der Waals surface area contributed by atoms with Gasteiger partial charge in [0.05, 0.1) is 6.61 Å². The molecule has 0 aromatic heterocycles. The number of allylic oxidation sites excluding steroid dienone is 1. The van der Waals surface area contributed by atoms with Crippen molar-refractivity contribution in [3.63, 3.8) is 0 Å². The van der Waals surface area contributed by atoms with Crippen LogP contribution in [0.25, 0.3) is 0 Å². The van der Waals surface area contributed by atoms with E-state index in [0.717, 1.165) is 0 Å². The van der Waals surface area contributed by atoms with Gasteiger partial charge in [0.1, 0.15) is 0 Å². The van der Waals surface area contributed by atoms with Crippen LogP contribution in [0, 0.1) is 5.92 Å². The van der Waals surface area contributed by atoms with E-state index < -0.39 is 11.6 Å². The number of hydrogen-bond acceptors (Lipinski definition) is 2. The highest BCUT2D eigenvalue weighted by atomic mass is 16.5. The number of ether oxygens (including phenoxy) is 1. The van der Waals surface area contributed by atoms with Crippen LogP contribution in [0.5, 0.6) is 0 Å². The van der Waals surface area contributed by atoms with Gasteiger partial charge in [-0.1, -0.05) is 26.0 Å². The van der Waals surface area contributed by atoms with Gasteiger partial charge >= 0.3 is 5.97 Å². The molecule has 0 heterocycles. The van der Waals surface area contributed by atoms with Crippen LogP contribution in [0.4, 0.5) is 0 Å². The summed E-state index contributed by atoms with van der Waals surface area (Å²) >= 11 is 0. The van der Waals surface area contributed by atoms with E-state index >= 15 is 0 Å². The van der Waals surface area contributed by atoms with Crippen LogP contribution in [-0.4, -0.2) is 23.3 Å². The van der Waals surface area contributed by atoms with Crippen molar-refractivity contribution < 1.29 is 14.6 Å². The summed E-state index contributed by atoms with van der Waals surface area (Å²) in [5.74, 6) is -0.586. The van der Waals surface area contributed by atoms with Crippen LogP contribution in [-0.2, 0) is 9.53 Å². The second kappa shape index (κ2) is 5.81. The van der Waals surface area contributed by atoms with Gasteiger partial charge in [0.25, 0.3) is 0 Å². The van der Waals surface area contributed by atoms with Crippen molar-refractivity contribution in [1.82, 2.24) is 0 Å². The van der Waals surface area contributed by atoms with Gasteiger partial charge in [0.15, 0.2) is 5.60 Å². The first-order valence-electron chi connectivity index (χ1n) is 4.91. The Morgan fingerprint density at radius 2 is 2.14 bits per heavy atom. The smallest absolute Gasteiger partial charge is 0.335 e. The van der Waals surface area contributed by atoms with Gasteiger partial charge in [0, 0.05) is 0 Å². The van der Waals surface area contributed by atoms with Crippen molar-refractivity contribution in [2.75, 3.05) is 6.61 Å². The van der Waals surface area contributed by atoms with Gasteiger partial charge < -0.3 is 9.84 Å². The summed E-state index contributed by atoms with van der Waals surface area (Å²) in [6.45, 7) is 7.83. The van der Waals surface area contributed by atoms with Crippen molar-refractivity contribution >= 4 is 5.97 Å². The minimum Gasteiger partial charge on any atom is -0.479 e. The summed E-state index contributed by atoms with van der Waals surface area (Å²) in [6, 6.07) is 0. The van der Waals surface area contributed by atoms with Crippen LogP contribution in [0.3, 0.4) is 0 Å². The lowest BCUT2D eigenvalue weighted by Crippen LogP contribution is -2.39. The molecule has 14 heavy (non-hydrogen) atoms. The molecule has 3 nitrogen and oxygen atoms in total. The normalized spacial score (nSPS) is 16.1. The van der Waals surface area contributed by atoms with Crippen molar-refractivity contribution in [3.05, 3.63) is 12.2 Å². The quantitative estimate of drug-likeness (QED) is 0.670. The van der Waals surface area contributed by atoms with Crippen LogP contribution in [0.1, 0.15) is 34.1 Å². The molecule has 1 N–H and O–H groups in total. The zero-order valence-corrected chi connectivity index (χ0v) is 9.41. The molecule has 82 valence electrons. The number of carbonyl (C=O) groups is 1. The van der Waals surface area contributed by atoms with Gasteiger partial charge in [-0.2, -0.15) is 0 Å². The molecular formula is C11H20O3. The molecule has 0 aliphatic rings. The third-order valence-electron chi connectivity index (χ3n) is 1.98. The summed E-state index contributed by atoms with van der Waals surface area (Å²) in [5, 5.41) is 9.03. The number of carboxylic acid groups (broad SMARTS) is 1. The molecule has 0 aromatic carbocycles. The molecule has 0 aliphatic carbocycles. The Bertz CT molecular complexity index is 209. The van der Waals surface area contributed by atoms with Crippen molar-refractivity contribution in [1.29, 1.82) is 0 Å². The van der Waals surface area contributed by atoms with E-state index in [0.29, 0.717) is 18.9 Å². The molecule has 0 rings (SSSR count). The fraction of sp³-hybridized carbons (Fsp3) is 0.727. The van der Waals surface area contributed by atoms with Crippen LogP contribution < -0.4 is 0 Å². The maximum absolute atomic E-state index is 11.0. The van der Waals surface area contributed by atoms with Crippen molar-refractivity contribution in [2.24, 2.45) is 5.92 Å². The summed E-state index contributed by atoms with van der Waals surface area (Å²) in [7, 11) is 0. The number of aliphatic carboxylic acids is 1. The standard InChI is InChI=1S/C11H20O3/c1-5-6-7-14-11(4,10(12)13)8-9(2)3/h5-6,9H,7-8H2,1-4H3,(H,12,13). The first-order valence-corrected chi connectivity index (χ1v) is 4.91. The van der Waals surface area contributed by atoms with E-state index in [9.17, 15) is 4.79 Å². The largest absolute Gasteiger partial charge is 0.479 e. The van der Waals surface area contributed by atoms with Crippen LogP contribution >= 0.6 is 0 Å². The molecule has 0 amide bonds. The van der Waals surface area contributed by atoms with E-state index in [1.165, 1.54) is 0 Å². The van der Waals surface area contributed by atoms with Gasteiger partial charge in [-0.25, -0.2) is 4.79 Å². The van der Waals surface area contributed by atoms with Gasteiger partial charge in [0.2, 0.25) is 0 Å². The van der Waals surface area contributed by atoms with E-state index in [2.05, 4.69) is 0 Å². The first kappa shape index (κ1) is 13.2.